The molecule has 0 atom stereocenters. The largest absolute Gasteiger partial charge is 0.478 e. The summed E-state index contributed by atoms with van der Waals surface area (Å²) in [6.45, 7) is 0.313. The van der Waals surface area contributed by atoms with Crippen LogP contribution in [0.15, 0.2) is 48.5 Å². The SMILES string of the molecule is Nc1ccccc1C(=O)NCc1ccc(C(=O)O)cc1. The number of carbonyl (C=O) groups excluding carboxylic acids is 1. The van der Waals surface area contributed by atoms with Crippen LogP contribution in [-0.4, -0.2) is 17.0 Å². The van der Waals surface area contributed by atoms with Crippen LogP contribution < -0.4 is 11.1 Å². The van der Waals surface area contributed by atoms with E-state index in [1.54, 1.807) is 36.4 Å². The number of rotatable bonds is 4. The molecule has 5 heteroatoms. The zero-order chi connectivity index (χ0) is 14.5. The van der Waals surface area contributed by atoms with E-state index in [2.05, 4.69) is 5.32 Å². The van der Waals surface area contributed by atoms with E-state index in [0.29, 0.717) is 17.8 Å². The molecule has 0 saturated carbocycles. The molecule has 0 aliphatic rings. The number of amides is 1. The lowest BCUT2D eigenvalue weighted by Crippen LogP contribution is -2.23. The van der Waals surface area contributed by atoms with Gasteiger partial charge >= 0.3 is 5.97 Å². The number of aromatic carboxylic acids is 1. The Morgan fingerprint density at radius 1 is 1.05 bits per heavy atom. The molecule has 2 rings (SSSR count). The van der Waals surface area contributed by atoms with Crippen molar-refractivity contribution in [3.05, 3.63) is 65.2 Å². The van der Waals surface area contributed by atoms with E-state index in [1.165, 1.54) is 12.1 Å². The summed E-state index contributed by atoms with van der Waals surface area (Å²) in [7, 11) is 0. The van der Waals surface area contributed by atoms with Crippen LogP contribution in [0, 0.1) is 0 Å². The van der Waals surface area contributed by atoms with Gasteiger partial charge in [0, 0.05) is 12.2 Å². The van der Waals surface area contributed by atoms with Crippen molar-refractivity contribution >= 4 is 17.6 Å². The lowest BCUT2D eigenvalue weighted by molar-refractivity contribution is 0.0696. The number of carboxylic acids is 1. The number of para-hydroxylation sites is 1. The van der Waals surface area contributed by atoms with Gasteiger partial charge < -0.3 is 16.2 Å². The van der Waals surface area contributed by atoms with E-state index < -0.39 is 5.97 Å². The van der Waals surface area contributed by atoms with Crippen molar-refractivity contribution in [3.63, 3.8) is 0 Å². The Morgan fingerprint density at radius 2 is 1.70 bits per heavy atom. The van der Waals surface area contributed by atoms with Crippen molar-refractivity contribution in [2.45, 2.75) is 6.54 Å². The summed E-state index contributed by atoms with van der Waals surface area (Å²) in [5.74, 6) is -1.23. The zero-order valence-corrected chi connectivity index (χ0v) is 10.7. The van der Waals surface area contributed by atoms with Gasteiger partial charge in [0.25, 0.3) is 5.91 Å². The molecule has 0 spiro atoms. The summed E-state index contributed by atoms with van der Waals surface area (Å²) in [6, 6.07) is 13.1. The molecule has 0 aromatic heterocycles. The average Bonchev–Trinajstić information content (AvgIpc) is 2.45. The number of carboxylic acid groups (broad SMARTS) is 1. The molecule has 0 heterocycles. The molecule has 0 aliphatic heterocycles. The highest BCUT2D eigenvalue weighted by atomic mass is 16.4. The Morgan fingerprint density at radius 3 is 2.30 bits per heavy atom. The summed E-state index contributed by atoms with van der Waals surface area (Å²) < 4.78 is 0. The molecule has 0 fully saturated rings. The fraction of sp³-hybridized carbons (Fsp3) is 0.0667. The Bertz CT molecular complexity index is 636. The fourth-order valence-electron chi connectivity index (χ4n) is 1.75. The van der Waals surface area contributed by atoms with Gasteiger partial charge in [-0.3, -0.25) is 4.79 Å². The maximum absolute atomic E-state index is 11.9. The highest BCUT2D eigenvalue weighted by Gasteiger charge is 2.08. The second kappa shape index (κ2) is 5.88. The molecule has 2 aromatic rings. The van der Waals surface area contributed by atoms with Crippen molar-refractivity contribution in [1.29, 1.82) is 0 Å². The van der Waals surface area contributed by atoms with E-state index in [9.17, 15) is 9.59 Å². The lowest BCUT2D eigenvalue weighted by Gasteiger charge is -2.07. The Hall–Kier alpha value is -2.82. The molecule has 4 N–H and O–H groups in total. The van der Waals surface area contributed by atoms with Gasteiger partial charge in [0.1, 0.15) is 0 Å². The summed E-state index contributed by atoms with van der Waals surface area (Å²) in [5.41, 5.74) is 7.60. The molecule has 5 nitrogen and oxygen atoms in total. The predicted octanol–water partition coefficient (Wildman–Crippen LogP) is 1.90. The third-order valence-electron chi connectivity index (χ3n) is 2.86. The minimum atomic E-state index is -0.974. The van der Waals surface area contributed by atoms with Crippen molar-refractivity contribution in [2.75, 3.05) is 5.73 Å². The topological polar surface area (TPSA) is 92.4 Å². The van der Waals surface area contributed by atoms with Gasteiger partial charge in [-0.2, -0.15) is 0 Å². The number of nitrogen functional groups attached to an aromatic ring is 1. The third-order valence-corrected chi connectivity index (χ3v) is 2.86. The molecule has 0 saturated heterocycles. The van der Waals surface area contributed by atoms with E-state index in [4.69, 9.17) is 10.8 Å². The molecule has 0 unspecified atom stereocenters. The molecule has 0 radical (unpaired) electrons. The number of nitrogens with two attached hydrogens (primary N) is 1. The van der Waals surface area contributed by atoms with E-state index >= 15 is 0 Å². The monoisotopic (exact) mass is 270 g/mol. The summed E-state index contributed by atoms with van der Waals surface area (Å²) in [6.07, 6.45) is 0. The molecular weight excluding hydrogens is 256 g/mol. The molecule has 0 aliphatic carbocycles. The normalized spacial score (nSPS) is 10.0. The Labute approximate surface area is 116 Å². The van der Waals surface area contributed by atoms with E-state index in [0.717, 1.165) is 5.56 Å². The first-order valence-corrected chi connectivity index (χ1v) is 6.03. The van der Waals surface area contributed by atoms with E-state index in [1.807, 2.05) is 0 Å². The van der Waals surface area contributed by atoms with Gasteiger partial charge in [0.15, 0.2) is 0 Å². The first-order valence-electron chi connectivity index (χ1n) is 6.03. The van der Waals surface area contributed by atoms with Gasteiger partial charge in [0.05, 0.1) is 11.1 Å². The maximum atomic E-state index is 11.9. The minimum Gasteiger partial charge on any atom is -0.478 e. The summed E-state index contributed by atoms with van der Waals surface area (Å²) >= 11 is 0. The van der Waals surface area contributed by atoms with Gasteiger partial charge in [-0.25, -0.2) is 4.79 Å². The lowest BCUT2D eigenvalue weighted by atomic mass is 10.1. The second-order valence-corrected chi connectivity index (χ2v) is 4.27. The smallest absolute Gasteiger partial charge is 0.335 e. The molecule has 0 bridgehead atoms. The van der Waals surface area contributed by atoms with Gasteiger partial charge in [-0.05, 0) is 29.8 Å². The van der Waals surface area contributed by atoms with Crippen LogP contribution in [0.3, 0.4) is 0 Å². The van der Waals surface area contributed by atoms with Crippen LogP contribution in [-0.2, 0) is 6.54 Å². The zero-order valence-electron chi connectivity index (χ0n) is 10.7. The highest BCUT2D eigenvalue weighted by Crippen LogP contribution is 2.10. The molecule has 1 amide bonds. The number of carbonyl (C=O) groups is 2. The predicted molar refractivity (Wildman–Crippen MR) is 75.4 cm³/mol. The number of nitrogens with one attached hydrogen (secondary N) is 1. The number of anilines is 1. The van der Waals surface area contributed by atoms with Crippen LogP contribution >= 0.6 is 0 Å². The first kappa shape index (κ1) is 13.6. The summed E-state index contributed by atoms with van der Waals surface area (Å²) in [4.78, 5) is 22.6. The summed E-state index contributed by atoms with van der Waals surface area (Å²) in [5, 5.41) is 11.5. The number of hydrogen-bond acceptors (Lipinski definition) is 3. The Kier molecular flexibility index (Phi) is 4.00. The maximum Gasteiger partial charge on any atom is 0.335 e. The third kappa shape index (κ3) is 3.14. The van der Waals surface area contributed by atoms with Crippen LogP contribution in [0.5, 0.6) is 0 Å². The second-order valence-electron chi connectivity index (χ2n) is 4.27. The van der Waals surface area contributed by atoms with Gasteiger partial charge in [-0.15, -0.1) is 0 Å². The van der Waals surface area contributed by atoms with Crippen LogP contribution in [0.4, 0.5) is 5.69 Å². The fourth-order valence-corrected chi connectivity index (χ4v) is 1.75. The number of benzene rings is 2. The van der Waals surface area contributed by atoms with Gasteiger partial charge in [-0.1, -0.05) is 24.3 Å². The van der Waals surface area contributed by atoms with Crippen molar-refractivity contribution in [2.24, 2.45) is 0 Å². The molecule has 20 heavy (non-hydrogen) atoms. The average molecular weight is 270 g/mol. The van der Waals surface area contributed by atoms with Crippen LogP contribution in [0.2, 0.25) is 0 Å². The first-order chi connectivity index (χ1) is 9.58. The van der Waals surface area contributed by atoms with Crippen LogP contribution in [0.1, 0.15) is 26.3 Å². The number of hydrogen-bond donors (Lipinski definition) is 3. The highest BCUT2D eigenvalue weighted by molar-refractivity contribution is 5.99. The van der Waals surface area contributed by atoms with E-state index in [-0.39, 0.29) is 11.5 Å². The molecule has 102 valence electrons. The Balaban J connectivity index is 2.00. The van der Waals surface area contributed by atoms with Crippen LogP contribution in [0.25, 0.3) is 0 Å². The quantitative estimate of drug-likeness (QED) is 0.740. The molecule has 2 aromatic carbocycles. The molecular formula is C15H14N2O3. The van der Waals surface area contributed by atoms with Gasteiger partial charge in [0.2, 0.25) is 0 Å². The van der Waals surface area contributed by atoms with Crippen molar-refractivity contribution < 1.29 is 14.7 Å². The van der Waals surface area contributed by atoms with Crippen molar-refractivity contribution in [1.82, 2.24) is 5.32 Å². The standard InChI is InChI=1S/C15H14N2O3/c16-13-4-2-1-3-12(13)14(18)17-9-10-5-7-11(8-6-10)15(19)20/h1-8H,9,16H2,(H,17,18)(H,19,20). The van der Waals surface area contributed by atoms with Crippen molar-refractivity contribution in [3.8, 4) is 0 Å². The minimum absolute atomic E-state index is 0.215.